The monoisotopic (exact) mass is 414 g/mol. The van der Waals surface area contributed by atoms with Crippen LogP contribution >= 0.6 is 0 Å². The highest BCUT2D eigenvalue weighted by atomic mass is 16.3. The predicted octanol–water partition coefficient (Wildman–Crippen LogP) is 3.35. The zero-order valence-electron chi connectivity index (χ0n) is 16.8. The van der Waals surface area contributed by atoms with Gasteiger partial charge in [0, 0.05) is 31.7 Å². The number of carbonyl (C=O) groups excluding carboxylic acids is 2. The molecule has 156 valence electrons. The van der Waals surface area contributed by atoms with Gasteiger partial charge >= 0.3 is 0 Å². The van der Waals surface area contributed by atoms with Gasteiger partial charge in [0.15, 0.2) is 11.5 Å². The van der Waals surface area contributed by atoms with Crippen LogP contribution in [0.25, 0.3) is 6.08 Å². The maximum Gasteiger partial charge on any atom is 0.290 e. The molecule has 0 saturated heterocycles. The van der Waals surface area contributed by atoms with Crippen LogP contribution in [-0.4, -0.2) is 42.8 Å². The third-order valence-corrected chi connectivity index (χ3v) is 5.14. The van der Waals surface area contributed by atoms with E-state index in [0.29, 0.717) is 25.2 Å². The second-order valence-corrected chi connectivity index (χ2v) is 7.18. The van der Waals surface area contributed by atoms with Gasteiger partial charge in [-0.1, -0.05) is 42.5 Å². The number of aliphatic hydroxyl groups is 1. The molecule has 4 rings (SSSR count). The molecule has 1 atom stereocenters. The molecule has 1 aliphatic rings. The Balaban J connectivity index is 1.59. The Bertz CT molecular complexity index is 1110. The van der Waals surface area contributed by atoms with E-state index in [4.69, 9.17) is 0 Å². The van der Waals surface area contributed by atoms with Crippen molar-refractivity contribution in [1.82, 2.24) is 19.4 Å². The van der Waals surface area contributed by atoms with Gasteiger partial charge in [-0.3, -0.25) is 14.6 Å². The lowest BCUT2D eigenvalue weighted by Crippen LogP contribution is -2.33. The lowest BCUT2D eigenvalue weighted by Gasteiger charge is -2.25. The molecule has 0 radical (unpaired) electrons. The van der Waals surface area contributed by atoms with E-state index in [1.807, 2.05) is 41.1 Å². The van der Waals surface area contributed by atoms with Crippen molar-refractivity contribution in [3.63, 3.8) is 0 Å². The molecule has 1 aliphatic heterocycles. The van der Waals surface area contributed by atoms with Crippen LogP contribution in [0.5, 0.6) is 0 Å². The van der Waals surface area contributed by atoms with Gasteiger partial charge in [0.1, 0.15) is 6.04 Å². The van der Waals surface area contributed by atoms with E-state index in [9.17, 15) is 14.7 Å². The van der Waals surface area contributed by atoms with E-state index in [1.54, 1.807) is 43.0 Å². The minimum atomic E-state index is -0.732. The third-order valence-electron chi connectivity index (χ3n) is 5.14. The number of rotatable bonds is 8. The fourth-order valence-electron chi connectivity index (χ4n) is 3.65. The van der Waals surface area contributed by atoms with Crippen LogP contribution in [0.1, 0.15) is 23.7 Å². The standard InChI is InChI=1S/C24H22N4O3/c29-20(11-10-18-7-2-1-3-8-18)21-22(19-9-4-5-12-26-19)28(24(31)23(21)30)15-6-14-27-16-13-25-17-27/h1-5,7-13,16-17,22,30H,6,14-15H2/b11-10+. The van der Waals surface area contributed by atoms with Crippen LogP contribution in [0.2, 0.25) is 0 Å². The summed E-state index contributed by atoms with van der Waals surface area (Å²) in [6.45, 7) is 1.03. The number of imidazole rings is 1. The van der Waals surface area contributed by atoms with Crippen molar-refractivity contribution in [2.45, 2.75) is 19.0 Å². The van der Waals surface area contributed by atoms with E-state index in [1.165, 1.54) is 11.0 Å². The van der Waals surface area contributed by atoms with Gasteiger partial charge in [-0.05, 0) is 30.2 Å². The second-order valence-electron chi connectivity index (χ2n) is 7.18. The predicted molar refractivity (Wildman–Crippen MR) is 116 cm³/mol. The summed E-state index contributed by atoms with van der Waals surface area (Å²) in [4.78, 5) is 35.8. The topological polar surface area (TPSA) is 88.3 Å². The van der Waals surface area contributed by atoms with Crippen molar-refractivity contribution in [1.29, 1.82) is 0 Å². The molecule has 0 aliphatic carbocycles. The van der Waals surface area contributed by atoms with Gasteiger partial charge in [-0.15, -0.1) is 0 Å². The third kappa shape index (κ3) is 4.45. The Kier molecular flexibility index (Phi) is 6.03. The summed E-state index contributed by atoms with van der Waals surface area (Å²) < 4.78 is 1.91. The molecule has 1 aromatic carbocycles. The van der Waals surface area contributed by atoms with Crippen LogP contribution < -0.4 is 0 Å². The van der Waals surface area contributed by atoms with Gasteiger partial charge < -0.3 is 14.6 Å². The maximum absolute atomic E-state index is 13.0. The van der Waals surface area contributed by atoms with Crippen LogP contribution in [0.15, 0.2) is 90.9 Å². The summed E-state index contributed by atoms with van der Waals surface area (Å²) >= 11 is 0. The second kappa shape index (κ2) is 9.21. The summed E-state index contributed by atoms with van der Waals surface area (Å²) in [5.41, 5.74) is 1.45. The Morgan fingerprint density at radius 1 is 1.06 bits per heavy atom. The number of hydrogen-bond donors (Lipinski definition) is 1. The molecule has 31 heavy (non-hydrogen) atoms. The Morgan fingerprint density at radius 2 is 1.87 bits per heavy atom. The number of carbonyl (C=O) groups is 2. The SMILES string of the molecule is O=C(/C=C/c1ccccc1)C1=C(O)C(=O)N(CCCn2ccnc2)C1c1ccccn1. The molecule has 0 bridgehead atoms. The van der Waals surface area contributed by atoms with Gasteiger partial charge in [-0.25, -0.2) is 4.98 Å². The minimum absolute atomic E-state index is 0.0542. The first-order valence-electron chi connectivity index (χ1n) is 10.0. The molecule has 1 amide bonds. The lowest BCUT2D eigenvalue weighted by atomic mass is 9.99. The first-order valence-corrected chi connectivity index (χ1v) is 10.0. The first-order chi connectivity index (χ1) is 15.1. The van der Waals surface area contributed by atoms with Crippen molar-refractivity contribution in [3.8, 4) is 0 Å². The molecule has 1 unspecified atom stereocenters. The number of nitrogens with zero attached hydrogens (tertiary/aromatic N) is 4. The fraction of sp³-hybridized carbons (Fsp3) is 0.167. The fourth-order valence-corrected chi connectivity index (χ4v) is 3.65. The molecule has 0 fully saturated rings. The van der Waals surface area contributed by atoms with Gasteiger partial charge in [-0.2, -0.15) is 0 Å². The highest BCUT2D eigenvalue weighted by molar-refractivity contribution is 6.14. The summed E-state index contributed by atoms with van der Waals surface area (Å²) in [6.07, 6.45) is 10.6. The van der Waals surface area contributed by atoms with E-state index in [0.717, 1.165) is 5.56 Å². The Hall–Kier alpha value is -4.00. The van der Waals surface area contributed by atoms with Crippen molar-refractivity contribution in [2.75, 3.05) is 6.54 Å². The number of amides is 1. The van der Waals surface area contributed by atoms with E-state index >= 15 is 0 Å². The molecular weight excluding hydrogens is 392 g/mol. The van der Waals surface area contributed by atoms with Crippen molar-refractivity contribution in [2.24, 2.45) is 0 Å². The van der Waals surface area contributed by atoms with Crippen molar-refractivity contribution >= 4 is 17.8 Å². The number of allylic oxidation sites excluding steroid dienone is 1. The largest absolute Gasteiger partial charge is 0.503 e. The Morgan fingerprint density at radius 3 is 2.58 bits per heavy atom. The number of aliphatic hydroxyl groups excluding tert-OH is 1. The van der Waals surface area contributed by atoms with Crippen LogP contribution in [0.4, 0.5) is 0 Å². The molecule has 3 heterocycles. The average Bonchev–Trinajstić information content (AvgIpc) is 3.41. The first kappa shape index (κ1) is 20.3. The maximum atomic E-state index is 13.0. The minimum Gasteiger partial charge on any atom is -0.503 e. The molecular formula is C24H22N4O3. The molecule has 2 aromatic heterocycles. The number of benzene rings is 1. The molecule has 7 heteroatoms. The van der Waals surface area contributed by atoms with Crippen LogP contribution in [0, 0.1) is 0 Å². The lowest BCUT2D eigenvalue weighted by molar-refractivity contribution is -0.129. The molecule has 1 N–H and O–H groups in total. The van der Waals surface area contributed by atoms with Crippen molar-refractivity contribution < 1.29 is 14.7 Å². The van der Waals surface area contributed by atoms with E-state index in [2.05, 4.69) is 9.97 Å². The summed E-state index contributed by atoms with van der Waals surface area (Å²) in [5.74, 6) is -1.48. The van der Waals surface area contributed by atoms with Crippen molar-refractivity contribution in [3.05, 3.63) is 102 Å². The number of aryl methyl sites for hydroxylation is 1. The van der Waals surface area contributed by atoms with Gasteiger partial charge in [0.25, 0.3) is 5.91 Å². The number of hydrogen-bond acceptors (Lipinski definition) is 5. The zero-order chi connectivity index (χ0) is 21.6. The highest BCUT2D eigenvalue weighted by Crippen LogP contribution is 2.37. The smallest absolute Gasteiger partial charge is 0.290 e. The normalized spacial score (nSPS) is 16.5. The molecule has 0 saturated carbocycles. The zero-order valence-corrected chi connectivity index (χ0v) is 16.8. The summed E-state index contributed by atoms with van der Waals surface area (Å²) in [5, 5.41) is 10.6. The highest BCUT2D eigenvalue weighted by Gasteiger charge is 2.43. The Labute approximate surface area is 180 Å². The molecule has 7 nitrogen and oxygen atoms in total. The molecule has 3 aromatic rings. The number of pyridine rings is 1. The van der Waals surface area contributed by atoms with Crippen LogP contribution in [0.3, 0.4) is 0 Å². The summed E-state index contributed by atoms with van der Waals surface area (Å²) in [6, 6.07) is 14.0. The van der Waals surface area contributed by atoms with E-state index < -0.39 is 23.5 Å². The molecule has 0 spiro atoms. The number of aromatic nitrogens is 3. The summed E-state index contributed by atoms with van der Waals surface area (Å²) in [7, 11) is 0. The van der Waals surface area contributed by atoms with Gasteiger partial charge in [0.2, 0.25) is 0 Å². The quantitative estimate of drug-likeness (QED) is 0.571. The average molecular weight is 414 g/mol. The number of ketones is 1. The van der Waals surface area contributed by atoms with E-state index in [-0.39, 0.29) is 5.57 Å². The van der Waals surface area contributed by atoms with Gasteiger partial charge in [0.05, 0.1) is 17.6 Å². The van der Waals surface area contributed by atoms with Crippen LogP contribution in [-0.2, 0) is 16.1 Å².